The van der Waals surface area contributed by atoms with Crippen LogP contribution in [0.25, 0.3) is 0 Å². The SMILES string of the molecule is CCC[C@@H](CBr)CC(=O)NC(=O)[C@H](N)CC. The van der Waals surface area contributed by atoms with Crippen LogP contribution in [-0.4, -0.2) is 23.2 Å². The smallest absolute Gasteiger partial charge is 0.243 e. The van der Waals surface area contributed by atoms with E-state index in [2.05, 4.69) is 28.2 Å². The molecule has 0 spiro atoms. The number of alkyl halides is 1. The van der Waals surface area contributed by atoms with Crippen molar-refractivity contribution in [3.63, 3.8) is 0 Å². The van der Waals surface area contributed by atoms with Gasteiger partial charge in [0.1, 0.15) is 0 Å². The maximum absolute atomic E-state index is 11.5. The molecule has 0 aromatic heterocycles. The van der Waals surface area contributed by atoms with Gasteiger partial charge in [0.15, 0.2) is 0 Å². The standard InChI is InChI=1S/C11H21BrN2O2/c1-3-5-8(7-12)6-10(15)14-11(16)9(13)4-2/h8-9H,3-7,13H2,1-2H3,(H,14,15,16)/t8-,9-/m1/s1. The highest BCUT2D eigenvalue weighted by Gasteiger charge is 2.17. The van der Waals surface area contributed by atoms with Gasteiger partial charge in [-0.3, -0.25) is 14.9 Å². The number of carbonyl (C=O) groups is 2. The normalized spacial score (nSPS) is 14.2. The molecule has 2 atom stereocenters. The highest BCUT2D eigenvalue weighted by Crippen LogP contribution is 2.13. The van der Waals surface area contributed by atoms with E-state index in [1.165, 1.54) is 0 Å². The van der Waals surface area contributed by atoms with E-state index in [9.17, 15) is 9.59 Å². The summed E-state index contributed by atoms with van der Waals surface area (Å²) in [6, 6.07) is -0.586. The molecule has 0 aliphatic rings. The fourth-order valence-electron chi connectivity index (χ4n) is 1.37. The van der Waals surface area contributed by atoms with Crippen LogP contribution in [0.2, 0.25) is 0 Å². The van der Waals surface area contributed by atoms with Crippen LogP contribution < -0.4 is 11.1 Å². The van der Waals surface area contributed by atoms with Gasteiger partial charge in [-0.05, 0) is 18.8 Å². The second-order valence-electron chi connectivity index (χ2n) is 3.94. The first kappa shape index (κ1) is 15.6. The van der Waals surface area contributed by atoms with E-state index in [1.807, 2.05) is 6.92 Å². The number of nitrogens with one attached hydrogen (secondary N) is 1. The van der Waals surface area contributed by atoms with Gasteiger partial charge < -0.3 is 5.73 Å². The summed E-state index contributed by atoms with van der Waals surface area (Å²) in [7, 11) is 0. The molecule has 0 bridgehead atoms. The van der Waals surface area contributed by atoms with Crippen LogP contribution >= 0.6 is 15.9 Å². The lowest BCUT2D eigenvalue weighted by molar-refractivity contribution is -0.131. The third kappa shape index (κ3) is 6.23. The Labute approximate surface area is 105 Å². The predicted molar refractivity (Wildman–Crippen MR) is 68.2 cm³/mol. The first-order chi connectivity index (χ1) is 7.54. The lowest BCUT2D eigenvalue weighted by Crippen LogP contribution is -2.43. The number of nitrogens with two attached hydrogens (primary N) is 1. The lowest BCUT2D eigenvalue weighted by atomic mass is 10.0. The van der Waals surface area contributed by atoms with Crippen LogP contribution in [0, 0.1) is 5.92 Å². The molecule has 94 valence electrons. The van der Waals surface area contributed by atoms with Crippen molar-refractivity contribution in [3.8, 4) is 0 Å². The van der Waals surface area contributed by atoms with E-state index < -0.39 is 6.04 Å². The first-order valence-electron chi connectivity index (χ1n) is 5.70. The summed E-state index contributed by atoms with van der Waals surface area (Å²) >= 11 is 3.36. The molecule has 5 heteroatoms. The lowest BCUT2D eigenvalue weighted by Gasteiger charge is -2.13. The Bertz CT molecular complexity index is 234. The molecule has 0 radical (unpaired) electrons. The molecule has 0 fully saturated rings. The van der Waals surface area contributed by atoms with Crippen molar-refractivity contribution in [3.05, 3.63) is 0 Å². The molecule has 2 amide bonds. The Morgan fingerprint density at radius 3 is 2.44 bits per heavy atom. The predicted octanol–water partition coefficient (Wildman–Crippen LogP) is 1.57. The molecule has 3 N–H and O–H groups in total. The number of hydrogen-bond donors (Lipinski definition) is 2. The second kappa shape index (κ2) is 8.70. The molecule has 0 unspecified atom stereocenters. The number of carbonyl (C=O) groups excluding carboxylic acids is 2. The van der Waals surface area contributed by atoms with Crippen molar-refractivity contribution in [1.29, 1.82) is 0 Å². The van der Waals surface area contributed by atoms with E-state index in [-0.39, 0.29) is 17.7 Å². The Morgan fingerprint density at radius 1 is 1.38 bits per heavy atom. The highest BCUT2D eigenvalue weighted by atomic mass is 79.9. The summed E-state index contributed by atoms with van der Waals surface area (Å²) in [5.41, 5.74) is 5.51. The van der Waals surface area contributed by atoms with E-state index in [1.54, 1.807) is 0 Å². The summed E-state index contributed by atoms with van der Waals surface area (Å²) < 4.78 is 0. The maximum Gasteiger partial charge on any atom is 0.243 e. The van der Waals surface area contributed by atoms with Crippen LogP contribution in [0.4, 0.5) is 0 Å². The minimum atomic E-state index is -0.586. The van der Waals surface area contributed by atoms with E-state index in [0.717, 1.165) is 18.2 Å². The summed E-state index contributed by atoms with van der Waals surface area (Å²) in [4.78, 5) is 22.9. The van der Waals surface area contributed by atoms with Crippen molar-refractivity contribution in [2.75, 3.05) is 5.33 Å². The van der Waals surface area contributed by atoms with Crippen molar-refractivity contribution in [2.45, 2.75) is 45.6 Å². The number of amides is 2. The van der Waals surface area contributed by atoms with Gasteiger partial charge >= 0.3 is 0 Å². The number of imide groups is 1. The van der Waals surface area contributed by atoms with Crippen LogP contribution in [0.5, 0.6) is 0 Å². The second-order valence-corrected chi connectivity index (χ2v) is 4.59. The van der Waals surface area contributed by atoms with E-state index in [0.29, 0.717) is 12.8 Å². The van der Waals surface area contributed by atoms with Gasteiger partial charge in [-0.1, -0.05) is 36.2 Å². The minimum absolute atomic E-state index is 0.230. The molecule has 16 heavy (non-hydrogen) atoms. The van der Waals surface area contributed by atoms with Gasteiger partial charge in [0.2, 0.25) is 11.8 Å². The summed E-state index contributed by atoms with van der Waals surface area (Å²) in [5, 5.41) is 3.11. The average molecular weight is 293 g/mol. The van der Waals surface area contributed by atoms with Crippen molar-refractivity contribution in [1.82, 2.24) is 5.32 Å². The molecule has 0 aliphatic carbocycles. The average Bonchev–Trinajstić information content (AvgIpc) is 2.27. The third-order valence-corrected chi connectivity index (χ3v) is 3.34. The van der Waals surface area contributed by atoms with Crippen LogP contribution in [0.3, 0.4) is 0 Å². The van der Waals surface area contributed by atoms with Crippen LogP contribution in [0.15, 0.2) is 0 Å². The van der Waals surface area contributed by atoms with Gasteiger partial charge in [0.05, 0.1) is 6.04 Å². The van der Waals surface area contributed by atoms with Gasteiger partial charge in [-0.15, -0.1) is 0 Å². The quantitative estimate of drug-likeness (QED) is 0.700. The van der Waals surface area contributed by atoms with Crippen LogP contribution in [0.1, 0.15) is 39.5 Å². The molecule has 0 saturated heterocycles. The fourth-order valence-corrected chi connectivity index (χ4v) is 1.92. The molecule has 0 saturated carbocycles. The molecule has 0 aliphatic heterocycles. The number of hydrogen-bond acceptors (Lipinski definition) is 3. The third-order valence-electron chi connectivity index (χ3n) is 2.43. The Morgan fingerprint density at radius 2 is 2.00 bits per heavy atom. The topological polar surface area (TPSA) is 72.2 Å². The Hall–Kier alpha value is -0.420. The van der Waals surface area contributed by atoms with Crippen molar-refractivity contribution < 1.29 is 9.59 Å². The Kier molecular flexibility index (Phi) is 8.47. The zero-order valence-electron chi connectivity index (χ0n) is 9.96. The van der Waals surface area contributed by atoms with Gasteiger partial charge in [-0.25, -0.2) is 0 Å². The molecular formula is C11H21BrN2O2. The van der Waals surface area contributed by atoms with E-state index >= 15 is 0 Å². The zero-order valence-corrected chi connectivity index (χ0v) is 11.5. The monoisotopic (exact) mass is 292 g/mol. The fraction of sp³-hybridized carbons (Fsp3) is 0.818. The molecule has 0 rings (SSSR count). The highest BCUT2D eigenvalue weighted by molar-refractivity contribution is 9.09. The Balaban J connectivity index is 4.01. The molecular weight excluding hydrogens is 272 g/mol. The molecule has 0 aromatic rings. The number of rotatable bonds is 7. The minimum Gasteiger partial charge on any atom is -0.320 e. The van der Waals surface area contributed by atoms with Crippen LogP contribution in [-0.2, 0) is 9.59 Å². The molecule has 4 nitrogen and oxygen atoms in total. The van der Waals surface area contributed by atoms with Gasteiger partial charge in [-0.2, -0.15) is 0 Å². The van der Waals surface area contributed by atoms with E-state index in [4.69, 9.17) is 5.73 Å². The summed E-state index contributed by atoms with van der Waals surface area (Å²) in [5.74, 6) is -0.320. The van der Waals surface area contributed by atoms with Crippen molar-refractivity contribution in [2.24, 2.45) is 11.7 Å². The maximum atomic E-state index is 11.5. The van der Waals surface area contributed by atoms with Gasteiger partial charge in [0, 0.05) is 11.8 Å². The molecule has 0 heterocycles. The largest absolute Gasteiger partial charge is 0.320 e. The first-order valence-corrected chi connectivity index (χ1v) is 6.82. The summed E-state index contributed by atoms with van der Waals surface area (Å²) in [6.45, 7) is 3.89. The zero-order chi connectivity index (χ0) is 12.6. The number of halogens is 1. The summed E-state index contributed by atoms with van der Waals surface area (Å²) in [6.07, 6.45) is 2.93. The molecule has 0 aromatic carbocycles. The van der Waals surface area contributed by atoms with Gasteiger partial charge in [0.25, 0.3) is 0 Å². The van der Waals surface area contributed by atoms with Crippen molar-refractivity contribution >= 4 is 27.7 Å².